The molecule has 0 saturated carbocycles. The van der Waals surface area contributed by atoms with E-state index >= 15 is 0 Å². The van der Waals surface area contributed by atoms with Crippen molar-refractivity contribution in [1.82, 2.24) is 4.31 Å². The first-order valence-corrected chi connectivity index (χ1v) is 11.7. The zero-order valence-electron chi connectivity index (χ0n) is 17.2. The van der Waals surface area contributed by atoms with E-state index in [2.05, 4.69) is 5.32 Å². The average Bonchev–Trinajstić information content (AvgIpc) is 3.10. The molecule has 158 valence electrons. The zero-order valence-corrected chi connectivity index (χ0v) is 18.0. The van der Waals surface area contributed by atoms with Crippen LogP contribution < -0.4 is 5.32 Å². The van der Waals surface area contributed by atoms with Crippen LogP contribution in [0.3, 0.4) is 0 Å². The van der Waals surface area contributed by atoms with Gasteiger partial charge in [0.05, 0.1) is 17.6 Å². The number of carbonyl (C=O) groups is 1. The molecule has 1 amide bonds. The van der Waals surface area contributed by atoms with Crippen molar-refractivity contribution in [3.63, 3.8) is 0 Å². The third kappa shape index (κ3) is 4.13. The Morgan fingerprint density at radius 3 is 2.67 bits per heavy atom. The minimum absolute atomic E-state index is 0.0107. The Kier molecular flexibility index (Phi) is 5.66. The Hall–Kier alpha value is -2.64. The number of anilines is 1. The highest BCUT2D eigenvalue weighted by atomic mass is 32.2. The number of fused-ring (bicyclic) bond motifs is 1. The number of aryl methyl sites for hydroxylation is 1. The number of carbonyl (C=O) groups excluding carboxylic acids is 1. The summed E-state index contributed by atoms with van der Waals surface area (Å²) in [7, 11) is -3.52. The van der Waals surface area contributed by atoms with E-state index in [0.29, 0.717) is 12.2 Å². The molecule has 0 bridgehead atoms. The number of sulfonamides is 1. The van der Waals surface area contributed by atoms with E-state index in [4.69, 9.17) is 4.42 Å². The predicted octanol–water partition coefficient (Wildman–Crippen LogP) is 4.49. The second-order valence-corrected chi connectivity index (χ2v) is 9.86. The van der Waals surface area contributed by atoms with Crippen LogP contribution in [-0.4, -0.2) is 31.2 Å². The van der Waals surface area contributed by atoms with Crippen LogP contribution in [-0.2, 0) is 21.2 Å². The molecule has 2 aromatic carbocycles. The van der Waals surface area contributed by atoms with Crippen molar-refractivity contribution >= 4 is 32.6 Å². The standard InChI is InChI=1S/C23H26N2O4S/c1-16-6-11-22-21(13-16)18(15-29-22)14-23(26)24-19-7-9-20(10-8-19)30(27,28)25-12-4-3-5-17(25)2/h6-11,13,15,17H,3-5,12,14H2,1-2H3,(H,24,26). The Labute approximate surface area is 176 Å². The van der Waals surface area contributed by atoms with E-state index in [1.807, 2.05) is 32.0 Å². The summed E-state index contributed by atoms with van der Waals surface area (Å²) in [6.45, 7) is 4.50. The highest BCUT2D eigenvalue weighted by Crippen LogP contribution is 2.26. The molecule has 3 aromatic rings. The van der Waals surface area contributed by atoms with Crippen LogP contribution in [0.15, 0.2) is 58.0 Å². The Bertz CT molecular complexity index is 1170. The van der Waals surface area contributed by atoms with E-state index in [1.165, 1.54) is 0 Å². The fourth-order valence-electron chi connectivity index (χ4n) is 3.99. The summed E-state index contributed by atoms with van der Waals surface area (Å²) in [4.78, 5) is 12.8. The van der Waals surface area contributed by atoms with Crippen LogP contribution in [0.25, 0.3) is 11.0 Å². The molecular formula is C23H26N2O4S. The molecule has 0 spiro atoms. The molecule has 1 aliphatic heterocycles. The van der Waals surface area contributed by atoms with Crippen LogP contribution in [0, 0.1) is 6.92 Å². The molecule has 7 heteroatoms. The van der Waals surface area contributed by atoms with Gasteiger partial charge >= 0.3 is 0 Å². The van der Waals surface area contributed by atoms with Crippen molar-refractivity contribution in [2.75, 3.05) is 11.9 Å². The molecule has 0 radical (unpaired) electrons. The van der Waals surface area contributed by atoms with E-state index < -0.39 is 10.0 Å². The first-order chi connectivity index (χ1) is 14.3. The van der Waals surface area contributed by atoms with Crippen LogP contribution in [0.5, 0.6) is 0 Å². The maximum Gasteiger partial charge on any atom is 0.243 e. The van der Waals surface area contributed by atoms with Gasteiger partial charge in [0.1, 0.15) is 5.58 Å². The van der Waals surface area contributed by atoms with Gasteiger partial charge in [0.15, 0.2) is 0 Å². The van der Waals surface area contributed by atoms with Gasteiger partial charge in [0, 0.05) is 29.2 Å². The van der Waals surface area contributed by atoms with E-state index in [0.717, 1.165) is 41.4 Å². The van der Waals surface area contributed by atoms with Crippen molar-refractivity contribution in [1.29, 1.82) is 0 Å². The molecule has 4 rings (SSSR count). The largest absolute Gasteiger partial charge is 0.464 e. The summed E-state index contributed by atoms with van der Waals surface area (Å²) in [5.41, 5.74) is 3.24. The maximum absolute atomic E-state index is 12.9. The van der Waals surface area contributed by atoms with Gasteiger partial charge in [-0.2, -0.15) is 4.31 Å². The maximum atomic E-state index is 12.9. The number of nitrogens with one attached hydrogen (secondary N) is 1. The fourth-order valence-corrected chi connectivity index (χ4v) is 5.68. The number of hydrogen-bond donors (Lipinski definition) is 1. The van der Waals surface area contributed by atoms with Crippen molar-refractivity contribution in [2.24, 2.45) is 0 Å². The van der Waals surface area contributed by atoms with Crippen molar-refractivity contribution < 1.29 is 17.6 Å². The van der Waals surface area contributed by atoms with Crippen molar-refractivity contribution in [3.05, 3.63) is 59.9 Å². The van der Waals surface area contributed by atoms with Gasteiger partial charge in [0.25, 0.3) is 0 Å². The summed E-state index contributed by atoms with van der Waals surface area (Å²) in [5, 5.41) is 3.77. The van der Waals surface area contributed by atoms with Crippen LogP contribution in [0.1, 0.15) is 37.3 Å². The molecule has 2 heterocycles. The summed E-state index contributed by atoms with van der Waals surface area (Å²) in [6, 6.07) is 12.3. The highest BCUT2D eigenvalue weighted by molar-refractivity contribution is 7.89. The van der Waals surface area contributed by atoms with Crippen LogP contribution in [0.2, 0.25) is 0 Å². The molecule has 1 atom stereocenters. The molecule has 1 saturated heterocycles. The molecule has 1 unspecified atom stereocenters. The molecule has 1 fully saturated rings. The van der Waals surface area contributed by atoms with E-state index in [1.54, 1.807) is 34.8 Å². The normalized spacial score (nSPS) is 17.9. The Morgan fingerprint density at radius 1 is 1.17 bits per heavy atom. The topological polar surface area (TPSA) is 79.6 Å². The van der Waals surface area contributed by atoms with Crippen molar-refractivity contribution in [2.45, 2.75) is 50.5 Å². The number of nitrogens with zero attached hydrogens (tertiary/aromatic N) is 1. The predicted molar refractivity (Wildman–Crippen MR) is 117 cm³/mol. The molecule has 30 heavy (non-hydrogen) atoms. The molecule has 1 N–H and O–H groups in total. The van der Waals surface area contributed by atoms with Gasteiger partial charge in [-0.05, 0) is 63.1 Å². The second-order valence-electron chi connectivity index (χ2n) is 7.97. The lowest BCUT2D eigenvalue weighted by atomic mass is 10.1. The van der Waals surface area contributed by atoms with Gasteiger partial charge in [0.2, 0.25) is 15.9 Å². The summed E-state index contributed by atoms with van der Waals surface area (Å²) in [6.07, 6.45) is 4.63. The molecule has 0 aliphatic carbocycles. The Morgan fingerprint density at radius 2 is 1.93 bits per heavy atom. The second kappa shape index (κ2) is 8.24. The number of rotatable bonds is 5. The summed E-state index contributed by atoms with van der Waals surface area (Å²) >= 11 is 0. The third-order valence-electron chi connectivity index (χ3n) is 5.65. The Balaban J connectivity index is 1.45. The first-order valence-electron chi connectivity index (χ1n) is 10.2. The van der Waals surface area contributed by atoms with Crippen LogP contribution >= 0.6 is 0 Å². The van der Waals surface area contributed by atoms with E-state index in [9.17, 15) is 13.2 Å². The van der Waals surface area contributed by atoms with Gasteiger partial charge in [-0.25, -0.2) is 8.42 Å². The number of hydrogen-bond acceptors (Lipinski definition) is 4. The first kappa shape index (κ1) is 20.6. The lowest BCUT2D eigenvalue weighted by Crippen LogP contribution is -2.41. The lowest BCUT2D eigenvalue weighted by Gasteiger charge is -2.32. The summed E-state index contributed by atoms with van der Waals surface area (Å²) in [5.74, 6) is -0.181. The van der Waals surface area contributed by atoms with Gasteiger partial charge in [-0.3, -0.25) is 4.79 Å². The SMILES string of the molecule is Cc1ccc2occ(CC(=O)Nc3ccc(S(=O)(=O)N4CCCCC4C)cc3)c2c1. The van der Waals surface area contributed by atoms with Crippen molar-refractivity contribution in [3.8, 4) is 0 Å². The zero-order chi connectivity index (χ0) is 21.3. The quantitative estimate of drug-likeness (QED) is 0.652. The van der Waals surface area contributed by atoms with Gasteiger partial charge < -0.3 is 9.73 Å². The minimum atomic E-state index is -3.52. The van der Waals surface area contributed by atoms with Gasteiger partial charge in [-0.15, -0.1) is 0 Å². The molecular weight excluding hydrogens is 400 g/mol. The molecule has 6 nitrogen and oxygen atoms in total. The number of amides is 1. The third-order valence-corrected chi connectivity index (χ3v) is 7.67. The van der Waals surface area contributed by atoms with Crippen LogP contribution in [0.4, 0.5) is 5.69 Å². The lowest BCUT2D eigenvalue weighted by molar-refractivity contribution is -0.115. The highest BCUT2D eigenvalue weighted by Gasteiger charge is 2.30. The monoisotopic (exact) mass is 426 g/mol. The molecule has 1 aliphatic rings. The fraction of sp³-hybridized carbons (Fsp3) is 0.348. The number of furan rings is 1. The smallest absolute Gasteiger partial charge is 0.243 e. The molecule has 1 aromatic heterocycles. The van der Waals surface area contributed by atoms with Gasteiger partial charge in [-0.1, -0.05) is 18.1 Å². The number of benzene rings is 2. The van der Waals surface area contributed by atoms with E-state index in [-0.39, 0.29) is 23.3 Å². The summed E-state index contributed by atoms with van der Waals surface area (Å²) < 4.78 is 32.9. The minimum Gasteiger partial charge on any atom is -0.464 e. The number of piperidine rings is 1. The average molecular weight is 427 g/mol.